The maximum atomic E-state index is 11.5. The van der Waals surface area contributed by atoms with Crippen LogP contribution in [0.4, 0.5) is 0 Å². The molecule has 2 nitrogen and oxygen atoms in total. The highest BCUT2D eigenvalue weighted by atomic mass is 79.9. The molecule has 1 aliphatic heterocycles. The highest BCUT2D eigenvalue weighted by Gasteiger charge is 2.21. The Hall–Kier alpha value is -0.0500. The Morgan fingerprint density at radius 2 is 2.09 bits per heavy atom. The zero-order valence-corrected chi connectivity index (χ0v) is 8.43. The minimum atomic E-state index is 0.146. The van der Waals surface area contributed by atoms with Crippen LogP contribution >= 0.6 is 15.9 Å². The summed E-state index contributed by atoms with van der Waals surface area (Å²) in [4.78, 5) is 13.4. The Morgan fingerprint density at radius 3 is 2.55 bits per heavy atom. The van der Waals surface area contributed by atoms with E-state index in [1.807, 2.05) is 11.8 Å². The van der Waals surface area contributed by atoms with Crippen LogP contribution in [-0.2, 0) is 4.79 Å². The number of rotatable bonds is 2. The highest BCUT2D eigenvalue weighted by Crippen LogP contribution is 2.12. The zero-order valence-electron chi connectivity index (χ0n) is 6.85. The Kier molecular flexibility index (Phi) is 3.37. The second kappa shape index (κ2) is 4.10. The van der Waals surface area contributed by atoms with E-state index in [0.29, 0.717) is 5.91 Å². The molecular formula is C8H14BrNO. The molecule has 0 bridgehead atoms. The second-order valence-electron chi connectivity index (χ2n) is 3.09. The number of amides is 1. The average Bonchev–Trinajstić information content (AvgIpc) is 2.53. The average molecular weight is 220 g/mol. The summed E-state index contributed by atoms with van der Waals surface area (Å²) in [7, 11) is 0. The van der Waals surface area contributed by atoms with Gasteiger partial charge in [-0.2, -0.15) is 0 Å². The third-order valence-electron chi connectivity index (χ3n) is 2.07. The summed E-state index contributed by atoms with van der Waals surface area (Å²) in [6, 6.07) is 0. The first-order valence-electron chi connectivity index (χ1n) is 4.10. The monoisotopic (exact) mass is 219 g/mol. The van der Waals surface area contributed by atoms with Crippen molar-refractivity contribution in [2.45, 2.75) is 19.8 Å². The Balaban J connectivity index is 2.39. The van der Waals surface area contributed by atoms with Crippen LogP contribution in [0, 0.1) is 5.92 Å². The van der Waals surface area contributed by atoms with Gasteiger partial charge in [0.2, 0.25) is 5.91 Å². The van der Waals surface area contributed by atoms with Crippen LogP contribution in [0.25, 0.3) is 0 Å². The fourth-order valence-electron chi connectivity index (χ4n) is 1.32. The van der Waals surface area contributed by atoms with Crippen molar-refractivity contribution in [1.29, 1.82) is 0 Å². The maximum absolute atomic E-state index is 11.5. The quantitative estimate of drug-likeness (QED) is 0.648. The molecule has 0 aliphatic carbocycles. The van der Waals surface area contributed by atoms with Crippen molar-refractivity contribution in [3.05, 3.63) is 0 Å². The Labute approximate surface area is 76.1 Å². The van der Waals surface area contributed by atoms with Crippen LogP contribution in [-0.4, -0.2) is 29.2 Å². The van der Waals surface area contributed by atoms with Crippen molar-refractivity contribution in [2.75, 3.05) is 18.4 Å². The largest absolute Gasteiger partial charge is 0.342 e. The van der Waals surface area contributed by atoms with Gasteiger partial charge in [0.15, 0.2) is 0 Å². The number of hydrogen-bond donors (Lipinski definition) is 0. The molecule has 0 saturated carbocycles. The third kappa shape index (κ3) is 2.19. The van der Waals surface area contributed by atoms with Crippen LogP contribution in [0.1, 0.15) is 19.8 Å². The normalized spacial score (nSPS) is 20.4. The molecule has 3 heteroatoms. The molecule has 0 aromatic carbocycles. The summed E-state index contributed by atoms with van der Waals surface area (Å²) < 4.78 is 0. The first-order chi connectivity index (χ1) is 5.25. The van der Waals surface area contributed by atoms with Crippen LogP contribution in [0.15, 0.2) is 0 Å². The van der Waals surface area contributed by atoms with Gasteiger partial charge < -0.3 is 4.90 Å². The summed E-state index contributed by atoms with van der Waals surface area (Å²) in [6.07, 6.45) is 2.36. The van der Waals surface area contributed by atoms with Crippen molar-refractivity contribution in [2.24, 2.45) is 5.92 Å². The number of carbonyl (C=O) groups excluding carboxylic acids is 1. The molecule has 0 radical (unpaired) electrons. The molecule has 1 rings (SSSR count). The van der Waals surface area contributed by atoms with Gasteiger partial charge in [-0.25, -0.2) is 0 Å². The zero-order chi connectivity index (χ0) is 8.27. The van der Waals surface area contributed by atoms with Crippen LogP contribution in [0.2, 0.25) is 0 Å². The lowest BCUT2D eigenvalue weighted by molar-refractivity contribution is -0.133. The number of hydrogen-bond acceptors (Lipinski definition) is 1. The molecule has 0 N–H and O–H groups in total. The van der Waals surface area contributed by atoms with E-state index in [1.54, 1.807) is 0 Å². The summed E-state index contributed by atoms with van der Waals surface area (Å²) >= 11 is 3.31. The molecule has 0 spiro atoms. The fourth-order valence-corrected chi connectivity index (χ4v) is 1.59. The van der Waals surface area contributed by atoms with Crippen molar-refractivity contribution in [1.82, 2.24) is 4.90 Å². The number of carbonyl (C=O) groups is 1. The molecule has 1 amide bonds. The second-order valence-corrected chi connectivity index (χ2v) is 3.74. The van der Waals surface area contributed by atoms with Gasteiger partial charge >= 0.3 is 0 Å². The molecule has 0 aromatic heterocycles. The molecule has 1 aliphatic rings. The van der Waals surface area contributed by atoms with E-state index in [1.165, 1.54) is 12.8 Å². The van der Waals surface area contributed by atoms with Crippen molar-refractivity contribution >= 4 is 21.8 Å². The van der Waals surface area contributed by atoms with E-state index in [-0.39, 0.29) is 5.92 Å². The van der Waals surface area contributed by atoms with E-state index < -0.39 is 0 Å². The Morgan fingerprint density at radius 1 is 1.55 bits per heavy atom. The molecular weight excluding hydrogens is 206 g/mol. The lowest BCUT2D eigenvalue weighted by Gasteiger charge is -2.18. The third-order valence-corrected chi connectivity index (χ3v) is 3.04. The summed E-state index contributed by atoms with van der Waals surface area (Å²) in [5.41, 5.74) is 0. The van der Waals surface area contributed by atoms with Crippen molar-refractivity contribution < 1.29 is 4.79 Å². The lowest BCUT2D eigenvalue weighted by atomic mass is 10.2. The molecule has 0 unspecified atom stereocenters. The van der Waals surface area contributed by atoms with Crippen molar-refractivity contribution in [3.8, 4) is 0 Å². The van der Waals surface area contributed by atoms with Crippen LogP contribution < -0.4 is 0 Å². The van der Waals surface area contributed by atoms with E-state index in [0.717, 1.165) is 18.4 Å². The highest BCUT2D eigenvalue weighted by molar-refractivity contribution is 9.09. The summed E-state index contributed by atoms with van der Waals surface area (Å²) in [6.45, 7) is 3.90. The molecule has 64 valence electrons. The first-order valence-corrected chi connectivity index (χ1v) is 5.22. The maximum Gasteiger partial charge on any atom is 0.226 e. The number of likely N-dealkylation sites (tertiary alicyclic amines) is 1. The lowest BCUT2D eigenvalue weighted by Crippen LogP contribution is -2.33. The molecule has 11 heavy (non-hydrogen) atoms. The topological polar surface area (TPSA) is 20.3 Å². The molecule has 1 saturated heterocycles. The van der Waals surface area contributed by atoms with Gasteiger partial charge in [0.05, 0.1) is 0 Å². The minimum absolute atomic E-state index is 0.146. The number of nitrogens with zero attached hydrogens (tertiary/aromatic N) is 1. The standard InChI is InChI=1S/C8H14BrNO/c1-7(6-9)8(11)10-4-2-3-5-10/h7H,2-6H2,1H3/t7-/m1/s1. The predicted molar refractivity (Wildman–Crippen MR) is 48.8 cm³/mol. The van der Waals surface area contributed by atoms with Gasteiger partial charge in [-0.3, -0.25) is 4.79 Å². The van der Waals surface area contributed by atoms with E-state index >= 15 is 0 Å². The summed E-state index contributed by atoms with van der Waals surface area (Å²) in [5, 5.41) is 0.780. The fraction of sp³-hybridized carbons (Fsp3) is 0.875. The van der Waals surface area contributed by atoms with Gasteiger partial charge in [0, 0.05) is 24.3 Å². The first kappa shape index (κ1) is 9.04. The number of alkyl halides is 1. The summed E-state index contributed by atoms with van der Waals surface area (Å²) in [5.74, 6) is 0.451. The predicted octanol–water partition coefficient (Wildman–Crippen LogP) is 1.64. The number of halogens is 1. The SMILES string of the molecule is C[C@H](CBr)C(=O)N1CCCC1. The minimum Gasteiger partial charge on any atom is -0.342 e. The molecule has 1 atom stereocenters. The van der Waals surface area contributed by atoms with E-state index in [9.17, 15) is 4.79 Å². The van der Waals surface area contributed by atoms with Crippen LogP contribution in [0.5, 0.6) is 0 Å². The van der Waals surface area contributed by atoms with Gasteiger partial charge in [-0.1, -0.05) is 22.9 Å². The molecule has 0 aromatic rings. The smallest absolute Gasteiger partial charge is 0.226 e. The van der Waals surface area contributed by atoms with Gasteiger partial charge in [-0.15, -0.1) is 0 Å². The van der Waals surface area contributed by atoms with Gasteiger partial charge in [-0.05, 0) is 12.8 Å². The van der Waals surface area contributed by atoms with E-state index in [2.05, 4.69) is 15.9 Å². The van der Waals surface area contributed by atoms with Gasteiger partial charge in [0.25, 0.3) is 0 Å². The van der Waals surface area contributed by atoms with Crippen LogP contribution in [0.3, 0.4) is 0 Å². The van der Waals surface area contributed by atoms with Crippen molar-refractivity contribution in [3.63, 3.8) is 0 Å². The molecule has 1 heterocycles. The van der Waals surface area contributed by atoms with E-state index in [4.69, 9.17) is 0 Å². The Bertz CT molecular complexity index is 143. The van der Waals surface area contributed by atoms with Gasteiger partial charge in [0.1, 0.15) is 0 Å². The molecule has 1 fully saturated rings.